The maximum absolute atomic E-state index is 11.5. The summed E-state index contributed by atoms with van der Waals surface area (Å²) in [6.45, 7) is 4.59. The molecule has 2 N–H and O–H groups in total. The number of carbonyl (C=O) groups excluding carboxylic acids is 2. The number of carbonyl (C=O) groups is 2. The van der Waals surface area contributed by atoms with Crippen LogP contribution in [0.4, 0.5) is 0 Å². The summed E-state index contributed by atoms with van der Waals surface area (Å²) in [6, 6.07) is 0. The molecule has 0 atom stereocenters. The van der Waals surface area contributed by atoms with E-state index in [4.69, 9.17) is 5.73 Å². The number of nitrogens with zero attached hydrogens (tertiary/aromatic N) is 1. The summed E-state index contributed by atoms with van der Waals surface area (Å²) in [7, 11) is 0. The number of nitrogens with two attached hydrogens (primary N) is 1. The van der Waals surface area contributed by atoms with Gasteiger partial charge >= 0.3 is 0 Å². The van der Waals surface area contributed by atoms with Crippen LogP contribution in [0.15, 0.2) is 0 Å². The molecule has 1 amide bonds. The minimum Gasteiger partial charge on any atom is -0.343 e. The number of hydrogen-bond acceptors (Lipinski definition) is 3. The van der Waals surface area contributed by atoms with Crippen molar-refractivity contribution in [3.05, 3.63) is 0 Å². The second kappa shape index (κ2) is 4.09. The van der Waals surface area contributed by atoms with Crippen LogP contribution in [0.3, 0.4) is 0 Å². The molecule has 1 fully saturated rings. The predicted molar refractivity (Wildman–Crippen MR) is 53.7 cm³/mol. The number of Topliss-reactive ketones (excluding diaryl/α,β-unsaturated/α-hetero) is 1. The third-order valence-corrected chi connectivity index (χ3v) is 2.98. The van der Waals surface area contributed by atoms with Gasteiger partial charge in [-0.3, -0.25) is 9.59 Å². The van der Waals surface area contributed by atoms with Crippen LogP contribution in [-0.2, 0) is 9.59 Å². The Kier molecular flexibility index (Phi) is 3.26. The maximum Gasteiger partial charge on any atom is 0.219 e. The maximum atomic E-state index is 11.5. The summed E-state index contributed by atoms with van der Waals surface area (Å²) in [6.07, 6.45) is 1.68. The predicted octanol–water partition coefficient (Wildman–Crippen LogP) is 0.305. The lowest BCUT2D eigenvalue weighted by molar-refractivity contribution is -0.133. The highest BCUT2D eigenvalue weighted by Crippen LogP contribution is 2.21. The van der Waals surface area contributed by atoms with Gasteiger partial charge in [0, 0.05) is 26.4 Å². The van der Waals surface area contributed by atoms with Crippen molar-refractivity contribution < 1.29 is 9.59 Å². The molecule has 80 valence electrons. The first kappa shape index (κ1) is 11.2. The Bertz CT molecular complexity index is 243. The summed E-state index contributed by atoms with van der Waals surface area (Å²) >= 11 is 0. The molecule has 4 heteroatoms. The van der Waals surface area contributed by atoms with Crippen LogP contribution >= 0.6 is 0 Å². The lowest BCUT2D eigenvalue weighted by atomic mass is 9.83. The second-order valence-electron chi connectivity index (χ2n) is 3.94. The Morgan fingerprint density at radius 3 is 2.21 bits per heavy atom. The normalized spacial score (nSPS) is 20.6. The average molecular weight is 198 g/mol. The van der Waals surface area contributed by atoms with E-state index in [1.807, 2.05) is 6.92 Å². The van der Waals surface area contributed by atoms with E-state index in [1.54, 1.807) is 11.8 Å². The van der Waals surface area contributed by atoms with Gasteiger partial charge in [0.25, 0.3) is 0 Å². The Hall–Kier alpha value is -0.900. The van der Waals surface area contributed by atoms with Gasteiger partial charge in [0.1, 0.15) is 0 Å². The third-order valence-electron chi connectivity index (χ3n) is 2.98. The molecule has 0 aromatic heterocycles. The Labute approximate surface area is 84.4 Å². The van der Waals surface area contributed by atoms with Gasteiger partial charge in [-0.05, 0) is 12.8 Å². The number of hydrogen-bond donors (Lipinski definition) is 1. The van der Waals surface area contributed by atoms with Gasteiger partial charge in [-0.25, -0.2) is 0 Å². The van der Waals surface area contributed by atoms with Gasteiger partial charge in [-0.1, -0.05) is 6.92 Å². The van der Waals surface area contributed by atoms with E-state index in [9.17, 15) is 9.59 Å². The van der Waals surface area contributed by atoms with E-state index in [0.717, 1.165) is 0 Å². The standard InChI is InChI=1S/C10H18N2O2/c1-3-9(14)10(11)4-6-12(7-5-10)8(2)13/h3-7,11H2,1-2H3. The van der Waals surface area contributed by atoms with Crippen molar-refractivity contribution in [2.75, 3.05) is 13.1 Å². The first-order valence-electron chi connectivity index (χ1n) is 5.07. The minimum absolute atomic E-state index is 0.0657. The van der Waals surface area contributed by atoms with Gasteiger partial charge in [-0.15, -0.1) is 0 Å². The van der Waals surface area contributed by atoms with Crippen LogP contribution in [0.5, 0.6) is 0 Å². The Balaban J connectivity index is 2.57. The monoisotopic (exact) mass is 198 g/mol. The van der Waals surface area contributed by atoms with Gasteiger partial charge in [-0.2, -0.15) is 0 Å². The van der Waals surface area contributed by atoms with E-state index in [1.165, 1.54) is 0 Å². The van der Waals surface area contributed by atoms with Crippen molar-refractivity contribution in [3.8, 4) is 0 Å². The van der Waals surface area contributed by atoms with E-state index >= 15 is 0 Å². The topological polar surface area (TPSA) is 63.4 Å². The van der Waals surface area contributed by atoms with E-state index < -0.39 is 5.54 Å². The summed E-state index contributed by atoms with van der Waals surface area (Å²) < 4.78 is 0. The lowest BCUT2D eigenvalue weighted by Gasteiger charge is -2.37. The highest BCUT2D eigenvalue weighted by atomic mass is 16.2. The van der Waals surface area contributed by atoms with Gasteiger partial charge in [0.15, 0.2) is 5.78 Å². The van der Waals surface area contributed by atoms with Crippen molar-refractivity contribution in [2.45, 2.75) is 38.6 Å². The number of ketones is 1. The Morgan fingerprint density at radius 2 is 1.86 bits per heavy atom. The van der Waals surface area contributed by atoms with E-state index in [0.29, 0.717) is 32.4 Å². The molecule has 0 aliphatic carbocycles. The summed E-state index contributed by atoms with van der Waals surface area (Å²) in [5, 5.41) is 0. The number of rotatable bonds is 2. The molecule has 1 saturated heterocycles. The highest BCUT2D eigenvalue weighted by molar-refractivity contribution is 5.88. The molecule has 0 radical (unpaired) electrons. The largest absolute Gasteiger partial charge is 0.343 e. The molecule has 0 bridgehead atoms. The fourth-order valence-electron chi connectivity index (χ4n) is 1.85. The fourth-order valence-corrected chi connectivity index (χ4v) is 1.85. The van der Waals surface area contributed by atoms with Gasteiger partial charge < -0.3 is 10.6 Å². The van der Waals surface area contributed by atoms with Crippen LogP contribution in [0.1, 0.15) is 33.1 Å². The van der Waals surface area contributed by atoms with E-state index in [2.05, 4.69) is 0 Å². The zero-order valence-electron chi connectivity index (χ0n) is 8.88. The van der Waals surface area contributed by atoms with E-state index in [-0.39, 0.29) is 11.7 Å². The summed E-state index contributed by atoms with van der Waals surface area (Å²) in [5.41, 5.74) is 5.31. The van der Waals surface area contributed by atoms with Crippen molar-refractivity contribution in [1.29, 1.82) is 0 Å². The molecule has 4 nitrogen and oxygen atoms in total. The number of piperidine rings is 1. The van der Waals surface area contributed by atoms with Gasteiger partial charge in [0.2, 0.25) is 5.91 Å². The molecule has 1 rings (SSSR count). The minimum atomic E-state index is -0.680. The van der Waals surface area contributed by atoms with Crippen LogP contribution < -0.4 is 5.73 Å². The fraction of sp³-hybridized carbons (Fsp3) is 0.800. The van der Waals surface area contributed by atoms with Crippen molar-refractivity contribution in [3.63, 3.8) is 0 Å². The van der Waals surface area contributed by atoms with Crippen LogP contribution in [0.2, 0.25) is 0 Å². The first-order chi connectivity index (χ1) is 6.49. The molecule has 1 heterocycles. The molecule has 14 heavy (non-hydrogen) atoms. The molecular formula is C10H18N2O2. The number of amides is 1. The van der Waals surface area contributed by atoms with Crippen LogP contribution in [0, 0.1) is 0 Å². The Morgan fingerprint density at radius 1 is 1.36 bits per heavy atom. The molecule has 0 saturated carbocycles. The van der Waals surface area contributed by atoms with Crippen molar-refractivity contribution in [2.24, 2.45) is 5.73 Å². The molecule has 0 aromatic rings. The lowest BCUT2D eigenvalue weighted by Crippen LogP contribution is -2.56. The van der Waals surface area contributed by atoms with Crippen molar-refractivity contribution >= 4 is 11.7 Å². The smallest absolute Gasteiger partial charge is 0.219 e. The molecular weight excluding hydrogens is 180 g/mol. The molecule has 1 aliphatic rings. The summed E-state index contributed by atoms with van der Waals surface area (Å²) in [4.78, 5) is 24.3. The second-order valence-corrected chi connectivity index (χ2v) is 3.94. The van der Waals surface area contributed by atoms with Gasteiger partial charge in [0.05, 0.1) is 5.54 Å². The van der Waals surface area contributed by atoms with Crippen LogP contribution in [0.25, 0.3) is 0 Å². The quantitative estimate of drug-likeness (QED) is 0.694. The zero-order valence-corrected chi connectivity index (χ0v) is 8.88. The van der Waals surface area contributed by atoms with Crippen LogP contribution in [-0.4, -0.2) is 35.2 Å². The zero-order chi connectivity index (χ0) is 10.8. The van der Waals surface area contributed by atoms with Crippen molar-refractivity contribution in [1.82, 2.24) is 4.90 Å². The molecule has 0 spiro atoms. The summed E-state index contributed by atoms with van der Waals surface area (Å²) in [5.74, 6) is 0.177. The number of likely N-dealkylation sites (tertiary alicyclic amines) is 1. The first-order valence-corrected chi connectivity index (χ1v) is 5.07. The molecule has 0 unspecified atom stereocenters. The molecule has 0 aromatic carbocycles. The molecule has 1 aliphatic heterocycles. The third kappa shape index (κ3) is 2.12. The SMILES string of the molecule is CCC(=O)C1(N)CCN(C(C)=O)CC1. The highest BCUT2D eigenvalue weighted by Gasteiger charge is 2.36. The average Bonchev–Trinajstić information content (AvgIpc) is 2.17.